The Bertz CT molecular complexity index is 1120. The summed E-state index contributed by atoms with van der Waals surface area (Å²) in [4.78, 5) is 9.08. The van der Waals surface area contributed by atoms with Crippen LogP contribution in [0.15, 0.2) is 65.8 Å². The summed E-state index contributed by atoms with van der Waals surface area (Å²) in [6.07, 6.45) is 0. The van der Waals surface area contributed by atoms with Gasteiger partial charge in [-0.2, -0.15) is 0 Å². The fraction of sp³-hybridized carbons (Fsp3) is 0.333. The molecule has 0 radical (unpaired) electrons. The van der Waals surface area contributed by atoms with E-state index in [0.717, 1.165) is 43.2 Å². The molecule has 1 aliphatic heterocycles. The fourth-order valence-corrected chi connectivity index (χ4v) is 4.16. The van der Waals surface area contributed by atoms with Crippen molar-refractivity contribution < 1.29 is 9.94 Å². The minimum atomic E-state index is 0.396. The van der Waals surface area contributed by atoms with E-state index in [4.69, 9.17) is 4.74 Å². The summed E-state index contributed by atoms with van der Waals surface area (Å²) in [7, 11) is 0. The number of aromatic nitrogens is 1. The third kappa shape index (κ3) is 5.28. The molecule has 3 aromatic rings. The Kier molecular flexibility index (Phi) is 6.82. The van der Waals surface area contributed by atoms with Crippen molar-refractivity contribution in [3.63, 3.8) is 0 Å². The van der Waals surface area contributed by atoms with E-state index >= 15 is 0 Å². The molecular formula is C27H32N4O2. The molecule has 6 nitrogen and oxygen atoms in total. The van der Waals surface area contributed by atoms with E-state index in [1.165, 1.54) is 11.3 Å². The highest BCUT2D eigenvalue weighted by Gasteiger charge is 2.25. The van der Waals surface area contributed by atoms with Gasteiger partial charge in [-0.1, -0.05) is 43.3 Å². The lowest BCUT2D eigenvalue weighted by Gasteiger charge is -2.37. The number of oxime groups is 1. The van der Waals surface area contributed by atoms with Crippen molar-refractivity contribution in [1.82, 2.24) is 9.88 Å². The molecule has 1 N–H and O–H groups in total. The Labute approximate surface area is 196 Å². The van der Waals surface area contributed by atoms with Crippen LogP contribution in [-0.4, -0.2) is 47.1 Å². The van der Waals surface area contributed by atoms with Crippen molar-refractivity contribution >= 4 is 11.5 Å². The lowest BCUT2D eigenvalue weighted by atomic mass is 10.0. The number of benzene rings is 2. The van der Waals surface area contributed by atoms with Gasteiger partial charge in [0, 0.05) is 37.6 Å². The summed E-state index contributed by atoms with van der Waals surface area (Å²) >= 11 is 0. The number of piperazine rings is 1. The van der Waals surface area contributed by atoms with Gasteiger partial charge in [0.15, 0.2) is 5.84 Å². The molecule has 4 rings (SSSR count). The van der Waals surface area contributed by atoms with Crippen molar-refractivity contribution in [1.29, 1.82) is 0 Å². The molecule has 0 atom stereocenters. The topological polar surface area (TPSA) is 61.2 Å². The molecule has 0 unspecified atom stereocenters. The Morgan fingerprint density at radius 2 is 1.70 bits per heavy atom. The number of aryl methyl sites for hydroxylation is 2. The Balaban J connectivity index is 1.57. The van der Waals surface area contributed by atoms with Crippen molar-refractivity contribution in [3.05, 3.63) is 83.0 Å². The van der Waals surface area contributed by atoms with Crippen LogP contribution in [0.1, 0.15) is 42.1 Å². The van der Waals surface area contributed by atoms with Gasteiger partial charge >= 0.3 is 0 Å². The first kappa shape index (κ1) is 22.6. The van der Waals surface area contributed by atoms with Gasteiger partial charge in [0.2, 0.25) is 5.88 Å². The zero-order valence-electron chi connectivity index (χ0n) is 19.8. The minimum absolute atomic E-state index is 0.396. The summed E-state index contributed by atoms with van der Waals surface area (Å²) in [5, 5.41) is 13.7. The number of anilines is 1. The molecule has 2 heterocycles. The van der Waals surface area contributed by atoms with Gasteiger partial charge in [-0.05, 0) is 67.3 Å². The summed E-state index contributed by atoms with van der Waals surface area (Å²) in [5.74, 6) is 2.08. The minimum Gasteiger partial charge on any atom is -0.438 e. The van der Waals surface area contributed by atoms with E-state index in [9.17, 15) is 5.21 Å². The van der Waals surface area contributed by atoms with Crippen molar-refractivity contribution in [3.8, 4) is 11.6 Å². The Hall–Kier alpha value is -3.54. The monoisotopic (exact) mass is 444 g/mol. The van der Waals surface area contributed by atoms with Crippen LogP contribution in [0, 0.1) is 13.8 Å². The molecule has 2 aromatic carbocycles. The van der Waals surface area contributed by atoms with Gasteiger partial charge in [0.05, 0.1) is 5.56 Å². The number of rotatable bonds is 5. The molecule has 0 saturated carbocycles. The first-order valence-corrected chi connectivity index (χ1v) is 11.5. The van der Waals surface area contributed by atoms with Crippen LogP contribution in [0.4, 0.5) is 5.69 Å². The molecule has 1 aromatic heterocycles. The average molecular weight is 445 g/mol. The molecular weight excluding hydrogens is 412 g/mol. The second-order valence-electron chi connectivity index (χ2n) is 8.87. The second-order valence-corrected chi connectivity index (χ2v) is 8.87. The molecule has 0 bridgehead atoms. The quantitative estimate of drug-likeness (QED) is 0.241. The van der Waals surface area contributed by atoms with E-state index in [0.29, 0.717) is 23.2 Å². The van der Waals surface area contributed by atoms with Crippen LogP contribution >= 0.6 is 0 Å². The Morgan fingerprint density at radius 3 is 2.36 bits per heavy atom. The number of para-hydroxylation sites is 1. The van der Waals surface area contributed by atoms with Crippen LogP contribution in [0.25, 0.3) is 0 Å². The molecule has 0 spiro atoms. The second kappa shape index (κ2) is 9.94. The third-order valence-corrected chi connectivity index (χ3v) is 5.99. The molecule has 0 amide bonds. The summed E-state index contributed by atoms with van der Waals surface area (Å²) in [6, 6.07) is 20.5. The number of amidine groups is 1. The number of hydrogen-bond acceptors (Lipinski definition) is 5. The van der Waals surface area contributed by atoms with E-state index in [2.05, 4.69) is 77.1 Å². The van der Waals surface area contributed by atoms with Crippen LogP contribution in [-0.2, 0) is 0 Å². The van der Waals surface area contributed by atoms with Gasteiger partial charge in [-0.25, -0.2) is 4.98 Å². The maximum atomic E-state index is 9.98. The number of nitrogens with zero attached hydrogens (tertiary/aromatic N) is 4. The van der Waals surface area contributed by atoms with Crippen LogP contribution in [0.5, 0.6) is 11.6 Å². The highest BCUT2D eigenvalue weighted by molar-refractivity contribution is 6.00. The summed E-state index contributed by atoms with van der Waals surface area (Å²) in [5.41, 5.74) is 5.09. The van der Waals surface area contributed by atoms with Gasteiger partial charge < -0.3 is 19.7 Å². The van der Waals surface area contributed by atoms with Crippen molar-refractivity contribution in [2.45, 2.75) is 33.6 Å². The van der Waals surface area contributed by atoms with Crippen molar-refractivity contribution in [2.75, 3.05) is 31.1 Å². The molecule has 172 valence electrons. The maximum Gasteiger partial charge on any atom is 0.230 e. The molecule has 6 heteroatoms. The normalized spacial score (nSPS) is 14.6. The van der Waals surface area contributed by atoms with E-state index < -0.39 is 0 Å². The predicted octanol–water partition coefficient (Wildman–Crippen LogP) is 5.57. The smallest absolute Gasteiger partial charge is 0.230 e. The Morgan fingerprint density at radius 1 is 0.970 bits per heavy atom. The molecule has 0 aliphatic carbocycles. The summed E-state index contributed by atoms with van der Waals surface area (Å²) < 4.78 is 6.29. The highest BCUT2D eigenvalue weighted by Crippen LogP contribution is 2.29. The molecule has 1 saturated heterocycles. The molecule has 33 heavy (non-hydrogen) atoms. The third-order valence-electron chi connectivity index (χ3n) is 5.99. The largest absolute Gasteiger partial charge is 0.438 e. The SMILES string of the molecule is Cc1cc(Oc2nc(C)ccc2/C(=N/O)N2CCN(c3ccccc3)CC2)cc(C(C)C)c1. The number of pyridine rings is 1. The van der Waals surface area contributed by atoms with E-state index in [-0.39, 0.29) is 0 Å². The summed E-state index contributed by atoms with van der Waals surface area (Å²) in [6.45, 7) is 11.5. The first-order valence-electron chi connectivity index (χ1n) is 11.5. The first-order chi connectivity index (χ1) is 15.9. The lowest BCUT2D eigenvalue weighted by Crippen LogP contribution is -2.49. The number of hydrogen-bond donors (Lipinski definition) is 1. The van der Waals surface area contributed by atoms with E-state index in [1.807, 2.05) is 31.2 Å². The fourth-order valence-electron chi connectivity index (χ4n) is 4.16. The average Bonchev–Trinajstić information content (AvgIpc) is 2.81. The van der Waals surface area contributed by atoms with Gasteiger partial charge in [0.25, 0.3) is 0 Å². The molecule has 1 fully saturated rings. The van der Waals surface area contributed by atoms with Crippen LogP contribution in [0.3, 0.4) is 0 Å². The standard InChI is InChI=1S/C27H32N4O2/c1-19(2)22-16-20(3)17-24(18-22)33-27-25(11-10-21(4)28-27)26(29-32)31-14-12-30(13-15-31)23-8-6-5-7-9-23/h5-11,16-19,32H,12-15H2,1-4H3/b29-26-. The molecule has 1 aliphatic rings. The van der Waals surface area contributed by atoms with Gasteiger partial charge in [-0.15, -0.1) is 0 Å². The zero-order chi connectivity index (χ0) is 23.4. The van der Waals surface area contributed by atoms with Crippen LogP contribution < -0.4 is 9.64 Å². The van der Waals surface area contributed by atoms with Gasteiger partial charge in [0.1, 0.15) is 5.75 Å². The van der Waals surface area contributed by atoms with Crippen LogP contribution in [0.2, 0.25) is 0 Å². The van der Waals surface area contributed by atoms with Gasteiger partial charge in [-0.3, -0.25) is 0 Å². The van der Waals surface area contributed by atoms with Crippen molar-refractivity contribution in [2.24, 2.45) is 5.16 Å². The highest BCUT2D eigenvalue weighted by atomic mass is 16.5. The number of ether oxygens (including phenoxy) is 1. The maximum absolute atomic E-state index is 9.98. The van der Waals surface area contributed by atoms with E-state index in [1.54, 1.807) is 0 Å². The lowest BCUT2D eigenvalue weighted by molar-refractivity contribution is 0.295. The predicted molar refractivity (Wildman–Crippen MR) is 133 cm³/mol. The zero-order valence-corrected chi connectivity index (χ0v) is 19.8.